The summed E-state index contributed by atoms with van der Waals surface area (Å²) in [6.07, 6.45) is 7.14. The summed E-state index contributed by atoms with van der Waals surface area (Å²) >= 11 is 0. The Morgan fingerprint density at radius 1 is 1.04 bits per heavy atom. The normalized spacial score (nSPS) is 10.8. The van der Waals surface area contributed by atoms with Crippen molar-refractivity contribution in [3.8, 4) is 0 Å². The van der Waals surface area contributed by atoms with Gasteiger partial charge in [0.05, 0.1) is 5.69 Å². The number of aromatic nitrogens is 2. The van der Waals surface area contributed by atoms with Crippen LogP contribution in [0.15, 0.2) is 60.9 Å². The Labute approximate surface area is 136 Å². The maximum Gasteiger partial charge on any atom is 0.220 e. The van der Waals surface area contributed by atoms with Gasteiger partial charge in [-0.2, -0.15) is 0 Å². The van der Waals surface area contributed by atoms with Crippen molar-refractivity contribution < 1.29 is 4.79 Å². The summed E-state index contributed by atoms with van der Waals surface area (Å²) in [5.74, 6) is 0.115. The average molecular weight is 307 g/mol. The Bertz CT molecular complexity index is 731. The Balaban J connectivity index is 1.37. The van der Waals surface area contributed by atoms with Gasteiger partial charge in [0.15, 0.2) is 0 Å². The first-order chi connectivity index (χ1) is 11.3. The van der Waals surface area contributed by atoms with Crippen molar-refractivity contribution in [3.05, 3.63) is 72.2 Å². The second-order valence-electron chi connectivity index (χ2n) is 5.64. The van der Waals surface area contributed by atoms with Gasteiger partial charge in [-0.15, -0.1) is 0 Å². The van der Waals surface area contributed by atoms with Crippen LogP contribution in [0.3, 0.4) is 0 Å². The third kappa shape index (κ3) is 4.42. The van der Waals surface area contributed by atoms with Crippen molar-refractivity contribution in [1.82, 2.24) is 14.7 Å². The summed E-state index contributed by atoms with van der Waals surface area (Å²) in [7, 11) is 0. The summed E-state index contributed by atoms with van der Waals surface area (Å²) in [6, 6.07) is 16.2. The summed E-state index contributed by atoms with van der Waals surface area (Å²) in [5, 5.41) is 2.97. The molecule has 4 nitrogen and oxygen atoms in total. The summed E-state index contributed by atoms with van der Waals surface area (Å²) in [4.78, 5) is 16.4. The van der Waals surface area contributed by atoms with Crippen LogP contribution in [0.5, 0.6) is 0 Å². The Morgan fingerprint density at radius 3 is 2.70 bits per heavy atom. The molecule has 0 unspecified atom stereocenters. The van der Waals surface area contributed by atoms with Crippen molar-refractivity contribution in [2.75, 3.05) is 6.54 Å². The molecular formula is C19H21N3O. The molecule has 118 valence electrons. The van der Waals surface area contributed by atoms with E-state index in [0.29, 0.717) is 13.0 Å². The monoisotopic (exact) mass is 307 g/mol. The lowest BCUT2D eigenvalue weighted by atomic mass is 10.1. The molecule has 0 aliphatic heterocycles. The van der Waals surface area contributed by atoms with Crippen LogP contribution >= 0.6 is 0 Å². The van der Waals surface area contributed by atoms with Gasteiger partial charge in [0, 0.05) is 31.8 Å². The van der Waals surface area contributed by atoms with E-state index in [9.17, 15) is 4.79 Å². The molecule has 2 heterocycles. The van der Waals surface area contributed by atoms with Gasteiger partial charge in [-0.25, -0.2) is 4.98 Å². The lowest BCUT2D eigenvalue weighted by molar-refractivity contribution is -0.121. The first-order valence-corrected chi connectivity index (χ1v) is 8.04. The predicted octanol–water partition coefficient (Wildman–Crippen LogP) is 3.02. The van der Waals surface area contributed by atoms with Crippen molar-refractivity contribution in [1.29, 1.82) is 0 Å². The van der Waals surface area contributed by atoms with Gasteiger partial charge in [0.1, 0.15) is 5.65 Å². The third-order valence-corrected chi connectivity index (χ3v) is 3.83. The molecular weight excluding hydrogens is 286 g/mol. The highest BCUT2D eigenvalue weighted by atomic mass is 16.1. The first-order valence-electron chi connectivity index (χ1n) is 8.04. The molecule has 1 amide bonds. The van der Waals surface area contributed by atoms with Crippen molar-refractivity contribution in [2.24, 2.45) is 0 Å². The highest BCUT2D eigenvalue weighted by Crippen LogP contribution is 2.06. The molecule has 1 aromatic carbocycles. The lowest BCUT2D eigenvalue weighted by Crippen LogP contribution is -2.25. The largest absolute Gasteiger partial charge is 0.356 e. The molecule has 3 aromatic rings. The number of amides is 1. The van der Waals surface area contributed by atoms with Crippen molar-refractivity contribution in [3.63, 3.8) is 0 Å². The summed E-state index contributed by atoms with van der Waals surface area (Å²) < 4.78 is 2.00. The second kappa shape index (κ2) is 7.58. The van der Waals surface area contributed by atoms with E-state index in [-0.39, 0.29) is 5.91 Å². The lowest BCUT2D eigenvalue weighted by Gasteiger charge is -2.04. The summed E-state index contributed by atoms with van der Waals surface area (Å²) in [5.41, 5.74) is 3.22. The van der Waals surface area contributed by atoms with Crippen LogP contribution in [-0.4, -0.2) is 21.8 Å². The quantitative estimate of drug-likeness (QED) is 0.729. The molecule has 2 aromatic heterocycles. The van der Waals surface area contributed by atoms with Gasteiger partial charge in [0.2, 0.25) is 5.91 Å². The number of nitrogens with one attached hydrogen (secondary N) is 1. The van der Waals surface area contributed by atoms with Crippen LogP contribution < -0.4 is 5.32 Å². The van der Waals surface area contributed by atoms with Crippen LogP contribution in [0, 0.1) is 0 Å². The van der Waals surface area contributed by atoms with Gasteiger partial charge in [0.25, 0.3) is 0 Å². The number of hydrogen-bond acceptors (Lipinski definition) is 2. The Morgan fingerprint density at radius 2 is 1.87 bits per heavy atom. The molecule has 23 heavy (non-hydrogen) atoms. The molecule has 1 N–H and O–H groups in total. The topological polar surface area (TPSA) is 46.4 Å². The number of pyridine rings is 1. The fourth-order valence-corrected chi connectivity index (χ4v) is 2.62. The van der Waals surface area contributed by atoms with Crippen molar-refractivity contribution >= 4 is 11.6 Å². The zero-order valence-corrected chi connectivity index (χ0v) is 13.1. The first kappa shape index (κ1) is 15.3. The Kier molecular flexibility index (Phi) is 5.04. The number of rotatable bonds is 7. The van der Waals surface area contributed by atoms with E-state index in [2.05, 4.69) is 22.4 Å². The van der Waals surface area contributed by atoms with E-state index in [1.54, 1.807) is 0 Å². The van der Waals surface area contributed by atoms with Gasteiger partial charge in [-0.3, -0.25) is 4.79 Å². The number of benzene rings is 1. The fraction of sp³-hybridized carbons (Fsp3) is 0.263. The number of carbonyl (C=O) groups excluding carboxylic acids is 1. The average Bonchev–Trinajstić information content (AvgIpc) is 2.98. The van der Waals surface area contributed by atoms with E-state index in [0.717, 1.165) is 30.6 Å². The molecule has 0 bridgehead atoms. The highest BCUT2D eigenvalue weighted by Gasteiger charge is 2.04. The van der Waals surface area contributed by atoms with E-state index in [1.807, 2.05) is 53.2 Å². The minimum atomic E-state index is 0.115. The van der Waals surface area contributed by atoms with Crippen molar-refractivity contribution in [2.45, 2.75) is 25.7 Å². The third-order valence-electron chi connectivity index (χ3n) is 3.83. The number of imidazole rings is 1. The molecule has 0 fully saturated rings. The maximum atomic E-state index is 11.9. The van der Waals surface area contributed by atoms with Crippen LogP contribution in [0.25, 0.3) is 5.65 Å². The van der Waals surface area contributed by atoms with Crippen LogP contribution in [0.2, 0.25) is 0 Å². The second-order valence-corrected chi connectivity index (χ2v) is 5.64. The highest BCUT2D eigenvalue weighted by molar-refractivity contribution is 5.75. The number of fused-ring (bicyclic) bond motifs is 1. The molecule has 0 aliphatic rings. The van der Waals surface area contributed by atoms with E-state index < -0.39 is 0 Å². The van der Waals surface area contributed by atoms with E-state index in [4.69, 9.17) is 0 Å². The SMILES string of the molecule is O=C(CCCc1ccccc1)NCCc1cn2ccccc2n1. The number of nitrogens with zero attached hydrogens (tertiary/aromatic N) is 2. The van der Waals surface area contributed by atoms with E-state index >= 15 is 0 Å². The van der Waals surface area contributed by atoms with Gasteiger partial charge >= 0.3 is 0 Å². The fourth-order valence-electron chi connectivity index (χ4n) is 2.62. The molecule has 4 heteroatoms. The molecule has 0 saturated carbocycles. The Hall–Kier alpha value is -2.62. The van der Waals surface area contributed by atoms with Crippen LogP contribution in [0.1, 0.15) is 24.1 Å². The molecule has 0 atom stereocenters. The minimum absolute atomic E-state index is 0.115. The summed E-state index contributed by atoms with van der Waals surface area (Å²) in [6.45, 7) is 0.633. The van der Waals surface area contributed by atoms with Gasteiger partial charge in [-0.05, 0) is 30.5 Å². The smallest absolute Gasteiger partial charge is 0.220 e. The molecule has 0 radical (unpaired) electrons. The predicted molar refractivity (Wildman–Crippen MR) is 91.3 cm³/mol. The minimum Gasteiger partial charge on any atom is -0.356 e. The molecule has 0 spiro atoms. The van der Waals surface area contributed by atoms with Gasteiger partial charge < -0.3 is 9.72 Å². The van der Waals surface area contributed by atoms with Crippen LogP contribution in [0.4, 0.5) is 0 Å². The molecule has 0 saturated heterocycles. The maximum absolute atomic E-state index is 11.9. The number of hydrogen-bond donors (Lipinski definition) is 1. The molecule has 3 rings (SSSR count). The van der Waals surface area contributed by atoms with Crippen LogP contribution in [-0.2, 0) is 17.6 Å². The zero-order valence-electron chi connectivity index (χ0n) is 13.1. The standard InChI is InChI=1S/C19H21N3O/c23-19(11-6-9-16-7-2-1-3-8-16)20-13-12-17-15-22-14-5-4-10-18(22)21-17/h1-5,7-8,10,14-15H,6,9,11-13H2,(H,20,23). The number of carbonyl (C=O) groups is 1. The zero-order chi connectivity index (χ0) is 15.9. The van der Waals surface area contributed by atoms with Gasteiger partial charge in [-0.1, -0.05) is 36.4 Å². The molecule has 0 aliphatic carbocycles. The number of aryl methyl sites for hydroxylation is 1. The van der Waals surface area contributed by atoms with E-state index in [1.165, 1.54) is 5.56 Å².